The van der Waals surface area contributed by atoms with Crippen LogP contribution in [-0.2, 0) is 0 Å². The Kier molecular flexibility index (Phi) is 5.73. The van der Waals surface area contributed by atoms with Crippen molar-refractivity contribution in [3.63, 3.8) is 0 Å². The van der Waals surface area contributed by atoms with Crippen LogP contribution in [0.15, 0.2) is 84.3 Å². The third kappa shape index (κ3) is 4.23. The van der Waals surface area contributed by atoms with Gasteiger partial charge < -0.3 is 15.2 Å². The Morgan fingerprint density at radius 2 is 1.77 bits per heavy atom. The topological polar surface area (TPSA) is 114 Å². The molecule has 0 saturated heterocycles. The number of fused-ring (bicyclic) bond motifs is 1. The van der Waals surface area contributed by atoms with E-state index in [4.69, 9.17) is 26.8 Å². The van der Waals surface area contributed by atoms with Crippen LogP contribution in [0.25, 0.3) is 11.3 Å². The maximum absolute atomic E-state index is 12.4. The molecule has 35 heavy (non-hydrogen) atoms. The Labute approximate surface area is 206 Å². The van der Waals surface area contributed by atoms with Gasteiger partial charge in [-0.1, -0.05) is 53.6 Å². The molecule has 1 aliphatic rings. The average molecular weight is 483 g/mol. The molecule has 3 N–H and O–H groups in total. The number of H-pyrrole nitrogens is 1. The van der Waals surface area contributed by atoms with Crippen LogP contribution in [0, 0.1) is 18.3 Å². The summed E-state index contributed by atoms with van der Waals surface area (Å²) in [5.74, 6) is -0.325. The molecule has 4 aromatic rings. The predicted molar refractivity (Wildman–Crippen MR) is 131 cm³/mol. The molecule has 8 heteroatoms. The molecule has 5 rings (SSSR count). The molecular formula is C27H19ClN4O3. The summed E-state index contributed by atoms with van der Waals surface area (Å²) in [6.07, 6.45) is 0. The molecule has 0 spiro atoms. The Morgan fingerprint density at radius 1 is 1.09 bits per heavy atom. The first-order chi connectivity index (χ1) is 16.9. The molecule has 0 radical (unpaired) electrons. The van der Waals surface area contributed by atoms with Crippen molar-refractivity contribution in [3.8, 4) is 29.0 Å². The minimum Gasteiger partial charge on any atom is -0.423 e. The van der Waals surface area contributed by atoms with E-state index in [1.54, 1.807) is 48.5 Å². The average Bonchev–Trinajstić information content (AvgIpc) is 3.28. The van der Waals surface area contributed by atoms with Gasteiger partial charge in [0.25, 0.3) is 0 Å². The molecular weight excluding hydrogens is 464 g/mol. The van der Waals surface area contributed by atoms with Crippen molar-refractivity contribution in [2.45, 2.75) is 12.8 Å². The standard InChI is InChI=1S/C27H19ClN4O3/c1-15-2-4-17(5-3-15)24-23-22(21(14-29)25(30)35-26(23)32-31-24)16-8-12-20(13-9-16)34-27(33)18-6-10-19(28)11-7-18/h2-13,22H,30H2,1H3,(H,31,32)/t22-/m0/s1. The number of hydrogen-bond donors (Lipinski definition) is 2. The summed E-state index contributed by atoms with van der Waals surface area (Å²) in [6, 6.07) is 23.5. The van der Waals surface area contributed by atoms with E-state index < -0.39 is 11.9 Å². The smallest absolute Gasteiger partial charge is 0.343 e. The van der Waals surface area contributed by atoms with E-state index in [2.05, 4.69) is 16.3 Å². The number of ether oxygens (including phenoxy) is 2. The molecule has 0 bridgehead atoms. The number of nitrogens with two attached hydrogens (primary N) is 1. The largest absolute Gasteiger partial charge is 0.423 e. The first-order valence-electron chi connectivity index (χ1n) is 10.7. The first kappa shape index (κ1) is 22.3. The van der Waals surface area contributed by atoms with Gasteiger partial charge in [0.2, 0.25) is 11.8 Å². The third-order valence-electron chi connectivity index (χ3n) is 5.78. The van der Waals surface area contributed by atoms with E-state index >= 15 is 0 Å². The molecule has 1 aliphatic heterocycles. The van der Waals surface area contributed by atoms with E-state index in [1.807, 2.05) is 31.2 Å². The predicted octanol–water partition coefficient (Wildman–Crippen LogP) is 5.48. The van der Waals surface area contributed by atoms with Crippen molar-refractivity contribution in [2.24, 2.45) is 5.73 Å². The van der Waals surface area contributed by atoms with Gasteiger partial charge in [-0.05, 0) is 48.9 Å². The number of carbonyl (C=O) groups excluding carboxylic acids is 1. The van der Waals surface area contributed by atoms with Crippen molar-refractivity contribution in [3.05, 3.63) is 112 Å². The van der Waals surface area contributed by atoms with Crippen molar-refractivity contribution in [2.75, 3.05) is 0 Å². The van der Waals surface area contributed by atoms with Crippen LogP contribution in [0.5, 0.6) is 11.6 Å². The molecule has 1 atom stereocenters. The number of benzene rings is 3. The van der Waals surface area contributed by atoms with Crippen LogP contribution in [0.2, 0.25) is 5.02 Å². The van der Waals surface area contributed by atoms with E-state index in [9.17, 15) is 10.1 Å². The van der Waals surface area contributed by atoms with Crippen LogP contribution in [0.1, 0.15) is 33.0 Å². The van der Waals surface area contributed by atoms with Gasteiger partial charge in [0.05, 0.1) is 22.7 Å². The highest BCUT2D eigenvalue weighted by molar-refractivity contribution is 6.30. The fourth-order valence-electron chi connectivity index (χ4n) is 4.00. The molecule has 0 aliphatic carbocycles. The highest BCUT2D eigenvalue weighted by atomic mass is 35.5. The highest BCUT2D eigenvalue weighted by Crippen LogP contribution is 2.45. The number of aromatic nitrogens is 2. The SMILES string of the molecule is Cc1ccc(-c2[nH]nc3c2[C@@H](c2ccc(OC(=O)c4ccc(Cl)cc4)cc2)C(C#N)=C(N)O3)cc1. The quantitative estimate of drug-likeness (QED) is 0.294. The minimum absolute atomic E-state index is 0.00481. The number of esters is 1. The second-order valence-corrected chi connectivity index (χ2v) is 8.51. The first-order valence-corrected chi connectivity index (χ1v) is 11.1. The molecule has 0 amide bonds. The molecule has 0 fully saturated rings. The fraction of sp³-hybridized carbons (Fsp3) is 0.0741. The van der Waals surface area contributed by atoms with Crippen molar-refractivity contribution in [1.82, 2.24) is 10.2 Å². The van der Waals surface area contributed by atoms with E-state index in [-0.39, 0.29) is 11.5 Å². The lowest BCUT2D eigenvalue weighted by Crippen LogP contribution is -2.21. The molecule has 1 aromatic heterocycles. The Bertz CT molecular complexity index is 1480. The molecule has 2 heterocycles. The zero-order chi connectivity index (χ0) is 24.5. The lowest BCUT2D eigenvalue weighted by molar-refractivity contribution is 0.0734. The van der Waals surface area contributed by atoms with Gasteiger partial charge in [-0.25, -0.2) is 4.79 Å². The number of allylic oxidation sites excluding steroid dienone is 1. The summed E-state index contributed by atoms with van der Waals surface area (Å²) in [5.41, 5.74) is 11.0. The molecule has 172 valence electrons. The molecule has 0 unspecified atom stereocenters. The van der Waals surface area contributed by atoms with Crippen LogP contribution in [0.4, 0.5) is 0 Å². The maximum Gasteiger partial charge on any atom is 0.343 e. The monoisotopic (exact) mass is 482 g/mol. The van der Waals surface area contributed by atoms with E-state index in [0.29, 0.717) is 27.8 Å². The minimum atomic E-state index is -0.514. The van der Waals surface area contributed by atoms with Crippen molar-refractivity contribution < 1.29 is 14.3 Å². The molecule has 0 saturated carbocycles. The number of hydrogen-bond acceptors (Lipinski definition) is 6. The van der Waals surface area contributed by atoms with Crippen LogP contribution < -0.4 is 15.2 Å². The van der Waals surface area contributed by atoms with Gasteiger partial charge in [-0.15, -0.1) is 5.10 Å². The number of rotatable bonds is 4. The lowest BCUT2D eigenvalue weighted by atomic mass is 9.83. The number of aromatic amines is 1. The number of nitrogens with zero attached hydrogens (tertiary/aromatic N) is 2. The van der Waals surface area contributed by atoms with Crippen LogP contribution in [0.3, 0.4) is 0 Å². The van der Waals surface area contributed by atoms with Gasteiger partial charge in [-0.3, -0.25) is 5.10 Å². The van der Waals surface area contributed by atoms with Gasteiger partial charge in [0.15, 0.2) is 0 Å². The third-order valence-corrected chi connectivity index (χ3v) is 6.04. The van der Waals surface area contributed by atoms with Crippen molar-refractivity contribution >= 4 is 17.6 Å². The summed E-state index contributed by atoms with van der Waals surface area (Å²) < 4.78 is 11.1. The maximum atomic E-state index is 12.4. The second kappa shape index (κ2) is 9.01. The number of halogens is 1. The normalized spacial score (nSPS) is 14.6. The Hall–Kier alpha value is -4.54. The van der Waals surface area contributed by atoms with Crippen LogP contribution >= 0.6 is 11.6 Å². The molecule has 3 aromatic carbocycles. The summed E-state index contributed by atoms with van der Waals surface area (Å²) >= 11 is 5.88. The van der Waals surface area contributed by atoms with E-state index in [1.165, 1.54) is 0 Å². The highest BCUT2D eigenvalue weighted by Gasteiger charge is 2.35. The second-order valence-electron chi connectivity index (χ2n) is 8.07. The number of nitriles is 1. The summed E-state index contributed by atoms with van der Waals surface area (Å²) in [4.78, 5) is 12.4. The number of aryl methyl sites for hydroxylation is 1. The summed E-state index contributed by atoms with van der Waals surface area (Å²) in [7, 11) is 0. The zero-order valence-electron chi connectivity index (χ0n) is 18.6. The molecule has 7 nitrogen and oxygen atoms in total. The lowest BCUT2D eigenvalue weighted by Gasteiger charge is -2.24. The summed E-state index contributed by atoms with van der Waals surface area (Å²) in [6.45, 7) is 2.01. The Morgan fingerprint density at radius 3 is 2.43 bits per heavy atom. The Balaban J connectivity index is 1.50. The number of nitrogens with one attached hydrogen (secondary N) is 1. The van der Waals surface area contributed by atoms with Gasteiger partial charge in [-0.2, -0.15) is 5.26 Å². The van der Waals surface area contributed by atoms with Gasteiger partial charge in [0.1, 0.15) is 17.4 Å². The van der Waals surface area contributed by atoms with Gasteiger partial charge in [0, 0.05) is 10.6 Å². The number of carbonyl (C=O) groups is 1. The van der Waals surface area contributed by atoms with Crippen molar-refractivity contribution in [1.29, 1.82) is 5.26 Å². The van der Waals surface area contributed by atoms with Crippen LogP contribution in [-0.4, -0.2) is 16.2 Å². The fourth-order valence-corrected chi connectivity index (χ4v) is 4.12. The summed E-state index contributed by atoms with van der Waals surface area (Å²) in [5, 5.41) is 17.8. The van der Waals surface area contributed by atoms with Gasteiger partial charge >= 0.3 is 5.97 Å². The van der Waals surface area contributed by atoms with E-state index in [0.717, 1.165) is 22.4 Å². The zero-order valence-corrected chi connectivity index (χ0v) is 19.3.